The Hall–Kier alpha value is -2.05. The van der Waals surface area contributed by atoms with Crippen molar-refractivity contribution in [3.63, 3.8) is 0 Å². The summed E-state index contributed by atoms with van der Waals surface area (Å²) in [6.45, 7) is 0. The quantitative estimate of drug-likeness (QED) is 0.843. The number of carboxylic acids is 1. The molecule has 108 valence electrons. The van der Waals surface area contributed by atoms with Crippen LogP contribution < -0.4 is 5.32 Å². The number of pyridine rings is 1. The monoisotopic (exact) mass is 322 g/mol. The second-order valence-corrected chi connectivity index (χ2v) is 5.22. The number of thioether (sulfide) groups is 1. The van der Waals surface area contributed by atoms with E-state index in [4.69, 9.17) is 16.7 Å². The number of hydrogen-bond donors (Lipinski definition) is 2. The van der Waals surface area contributed by atoms with Gasteiger partial charge in [-0.3, -0.25) is 4.79 Å². The average Bonchev–Trinajstić information content (AvgIpc) is 2.49. The summed E-state index contributed by atoms with van der Waals surface area (Å²) < 4.78 is 0. The molecule has 7 heteroatoms. The van der Waals surface area contributed by atoms with Crippen molar-refractivity contribution in [1.82, 2.24) is 4.98 Å². The van der Waals surface area contributed by atoms with Gasteiger partial charge in [-0.05, 0) is 36.6 Å². The van der Waals surface area contributed by atoms with Crippen LogP contribution in [0.25, 0.3) is 0 Å². The van der Waals surface area contributed by atoms with Gasteiger partial charge in [-0.25, -0.2) is 9.78 Å². The van der Waals surface area contributed by atoms with Crippen molar-refractivity contribution in [2.24, 2.45) is 0 Å². The number of nitrogens with zero attached hydrogens (tertiary/aromatic N) is 1. The van der Waals surface area contributed by atoms with Gasteiger partial charge in [0, 0.05) is 6.20 Å². The van der Waals surface area contributed by atoms with Crippen molar-refractivity contribution in [1.29, 1.82) is 0 Å². The molecule has 2 rings (SSSR count). The molecule has 5 nitrogen and oxygen atoms in total. The van der Waals surface area contributed by atoms with E-state index < -0.39 is 11.9 Å². The highest BCUT2D eigenvalue weighted by Crippen LogP contribution is 2.25. The number of aromatic nitrogens is 1. The number of amides is 1. The molecule has 0 atom stereocenters. The summed E-state index contributed by atoms with van der Waals surface area (Å²) in [7, 11) is 0. The maximum absolute atomic E-state index is 12.3. The number of carbonyl (C=O) groups is 2. The maximum atomic E-state index is 12.3. The molecule has 0 aliphatic rings. The van der Waals surface area contributed by atoms with Gasteiger partial charge in [-0.15, -0.1) is 11.8 Å². The number of aromatic carboxylic acids is 1. The van der Waals surface area contributed by atoms with E-state index in [0.717, 1.165) is 0 Å². The number of anilines is 1. The topological polar surface area (TPSA) is 79.3 Å². The molecule has 1 amide bonds. The highest BCUT2D eigenvalue weighted by atomic mass is 35.5. The minimum atomic E-state index is -1.09. The zero-order chi connectivity index (χ0) is 15.4. The predicted molar refractivity (Wildman–Crippen MR) is 82.4 cm³/mol. The summed E-state index contributed by atoms with van der Waals surface area (Å²) in [6.07, 6.45) is 3.41. The van der Waals surface area contributed by atoms with Gasteiger partial charge >= 0.3 is 5.97 Å². The molecule has 1 aromatic heterocycles. The fraction of sp³-hybridized carbons (Fsp3) is 0.0714. The van der Waals surface area contributed by atoms with Crippen LogP contribution in [-0.4, -0.2) is 28.2 Å². The zero-order valence-electron chi connectivity index (χ0n) is 11.0. The Morgan fingerprint density at radius 3 is 2.76 bits per heavy atom. The Balaban J connectivity index is 2.31. The molecule has 0 unspecified atom stereocenters. The van der Waals surface area contributed by atoms with Crippen LogP contribution in [0.1, 0.15) is 20.7 Å². The second-order valence-electron chi connectivity index (χ2n) is 4.01. The Morgan fingerprint density at radius 2 is 2.10 bits per heavy atom. The highest BCUT2D eigenvalue weighted by molar-refractivity contribution is 7.98. The number of benzene rings is 1. The SMILES string of the molecule is CSc1ncccc1C(=O)Nc1cc(C(=O)O)ccc1Cl. The standard InChI is InChI=1S/C14H11ClN2O3S/c1-21-13-9(3-2-6-16-13)12(18)17-11-7-8(14(19)20)4-5-10(11)15/h2-7H,1H3,(H,17,18)(H,19,20). The molecular weight excluding hydrogens is 312 g/mol. The van der Waals surface area contributed by atoms with Crippen LogP contribution in [0.4, 0.5) is 5.69 Å². The molecule has 0 bridgehead atoms. The first kappa shape index (κ1) is 15.3. The summed E-state index contributed by atoms with van der Waals surface area (Å²) in [5, 5.41) is 12.4. The van der Waals surface area contributed by atoms with Gasteiger partial charge < -0.3 is 10.4 Å². The van der Waals surface area contributed by atoms with Gasteiger partial charge in [-0.1, -0.05) is 11.6 Å². The number of carbonyl (C=O) groups excluding carboxylic acids is 1. The van der Waals surface area contributed by atoms with Gasteiger partial charge in [0.2, 0.25) is 0 Å². The van der Waals surface area contributed by atoms with Crippen LogP contribution >= 0.6 is 23.4 Å². The lowest BCUT2D eigenvalue weighted by Gasteiger charge is -2.10. The minimum Gasteiger partial charge on any atom is -0.478 e. The molecule has 0 aliphatic carbocycles. The van der Waals surface area contributed by atoms with Crippen LogP contribution in [-0.2, 0) is 0 Å². The maximum Gasteiger partial charge on any atom is 0.335 e. The van der Waals surface area contributed by atoms with Crippen LogP contribution in [0, 0.1) is 0 Å². The molecule has 2 aromatic rings. The first-order valence-electron chi connectivity index (χ1n) is 5.86. The normalized spacial score (nSPS) is 10.2. The summed E-state index contributed by atoms with van der Waals surface area (Å²) in [4.78, 5) is 27.3. The zero-order valence-corrected chi connectivity index (χ0v) is 12.5. The van der Waals surface area contributed by atoms with Gasteiger partial charge in [-0.2, -0.15) is 0 Å². The summed E-state index contributed by atoms with van der Waals surface area (Å²) in [5.74, 6) is -1.48. The fourth-order valence-corrected chi connectivity index (χ4v) is 2.38. The van der Waals surface area contributed by atoms with Gasteiger partial charge in [0.05, 0.1) is 21.8 Å². The van der Waals surface area contributed by atoms with Crippen LogP contribution in [0.5, 0.6) is 0 Å². The largest absolute Gasteiger partial charge is 0.478 e. The Bertz CT molecular complexity index is 706. The second kappa shape index (κ2) is 6.60. The molecule has 1 aromatic carbocycles. The fourth-order valence-electron chi connectivity index (χ4n) is 1.67. The molecule has 0 saturated carbocycles. The molecular formula is C14H11ClN2O3S. The van der Waals surface area contributed by atoms with E-state index in [9.17, 15) is 9.59 Å². The molecule has 0 spiro atoms. The molecule has 1 heterocycles. The summed E-state index contributed by atoms with van der Waals surface area (Å²) in [5.41, 5.74) is 0.699. The number of carboxylic acid groups (broad SMARTS) is 1. The third-order valence-corrected chi connectivity index (χ3v) is 3.71. The lowest BCUT2D eigenvalue weighted by Crippen LogP contribution is -2.14. The van der Waals surface area contributed by atoms with E-state index in [-0.39, 0.29) is 16.3 Å². The Kier molecular flexibility index (Phi) is 4.82. The minimum absolute atomic E-state index is 0.0472. The summed E-state index contributed by atoms with van der Waals surface area (Å²) >= 11 is 7.33. The first-order chi connectivity index (χ1) is 10.0. The third-order valence-electron chi connectivity index (χ3n) is 2.67. The van der Waals surface area contributed by atoms with Crippen LogP contribution in [0.15, 0.2) is 41.6 Å². The van der Waals surface area contributed by atoms with Crippen LogP contribution in [0.2, 0.25) is 5.02 Å². The van der Waals surface area contributed by atoms with E-state index in [1.54, 1.807) is 18.3 Å². The average molecular weight is 323 g/mol. The Labute approximate surface area is 130 Å². The highest BCUT2D eigenvalue weighted by Gasteiger charge is 2.14. The molecule has 2 N–H and O–H groups in total. The molecule has 0 saturated heterocycles. The lowest BCUT2D eigenvalue weighted by molar-refractivity contribution is 0.0696. The van der Waals surface area contributed by atoms with Gasteiger partial charge in [0.1, 0.15) is 5.03 Å². The Morgan fingerprint density at radius 1 is 1.33 bits per heavy atom. The lowest BCUT2D eigenvalue weighted by atomic mass is 10.2. The predicted octanol–water partition coefficient (Wildman–Crippen LogP) is 3.41. The molecule has 0 fully saturated rings. The van der Waals surface area contributed by atoms with E-state index >= 15 is 0 Å². The number of rotatable bonds is 4. The van der Waals surface area contributed by atoms with Crippen molar-refractivity contribution in [3.05, 3.63) is 52.7 Å². The van der Waals surface area contributed by atoms with E-state index in [2.05, 4.69) is 10.3 Å². The smallest absolute Gasteiger partial charge is 0.335 e. The van der Waals surface area contributed by atoms with E-state index in [1.807, 2.05) is 6.26 Å². The third kappa shape index (κ3) is 3.53. The van der Waals surface area contributed by atoms with Crippen LogP contribution in [0.3, 0.4) is 0 Å². The van der Waals surface area contributed by atoms with Crippen molar-refractivity contribution in [2.45, 2.75) is 5.03 Å². The van der Waals surface area contributed by atoms with Crippen molar-refractivity contribution in [2.75, 3.05) is 11.6 Å². The summed E-state index contributed by atoms with van der Waals surface area (Å²) in [6, 6.07) is 7.42. The van der Waals surface area contributed by atoms with Gasteiger partial charge in [0.15, 0.2) is 0 Å². The van der Waals surface area contributed by atoms with E-state index in [1.165, 1.54) is 30.0 Å². The van der Waals surface area contributed by atoms with Crippen molar-refractivity contribution >= 4 is 40.9 Å². The molecule has 0 aliphatic heterocycles. The molecule has 21 heavy (non-hydrogen) atoms. The molecule has 0 radical (unpaired) electrons. The first-order valence-corrected chi connectivity index (χ1v) is 7.46. The van der Waals surface area contributed by atoms with Crippen molar-refractivity contribution in [3.8, 4) is 0 Å². The van der Waals surface area contributed by atoms with Crippen molar-refractivity contribution < 1.29 is 14.7 Å². The number of nitrogens with one attached hydrogen (secondary N) is 1. The van der Waals surface area contributed by atoms with E-state index in [0.29, 0.717) is 10.6 Å². The number of hydrogen-bond acceptors (Lipinski definition) is 4. The number of halogens is 1. The van der Waals surface area contributed by atoms with Gasteiger partial charge in [0.25, 0.3) is 5.91 Å².